The van der Waals surface area contributed by atoms with Crippen LogP contribution in [0, 0.1) is 28.5 Å². The van der Waals surface area contributed by atoms with Crippen LogP contribution in [0.3, 0.4) is 0 Å². The van der Waals surface area contributed by atoms with E-state index in [4.69, 9.17) is 10.5 Å². The summed E-state index contributed by atoms with van der Waals surface area (Å²) in [5.74, 6) is -1.47. The van der Waals surface area contributed by atoms with Crippen LogP contribution in [0.15, 0.2) is 30.0 Å². The third kappa shape index (κ3) is 3.55. The van der Waals surface area contributed by atoms with Gasteiger partial charge in [0.05, 0.1) is 12.3 Å². The lowest BCUT2D eigenvalue weighted by Gasteiger charge is -2.05. The van der Waals surface area contributed by atoms with Crippen molar-refractivity contribution in [2.45, 2.75) is 6.92 Å². The van der Waals surface area contributed by atoms with Gasteiger partial charge < -0.3 is 10.1 Å². The van der Waals surface area contributed by atoms with Gasteiger partial charge in [0.25, 0.3) is 0 Å². The van der Waals surface area contributed by atoms with Gasteiger partial charge in [0.2, 0.25) is 0 Å². The monoisotopic (exact) mass is 259 g/mol. The van der Waals surface area contributed by atoms with E-state index in [9.17, 15) is 9.18 Å². The number of hydrogen-bond donors (Lipinski definition) is 1. The second-order valence-corrected chi connectivity index (χ2v) is 3.31. The van der Waals surface area contributed by atoms with E-state index >= 15 is 0 Å². The van der Waals surface area contributed by atoms with Crippen molar-refractivity contribution in [3.05, 3.63) is 41.4 Å². The van der Waals surface area contributed by atoms with Crippen LogP contribution < -0.4 is 5.32 Å². The van der Waals surface area contributed by atoms with Crippen molar-refractivity contribution in [1.29, 1.82) is 10.5 Å². The predicted octanol–water partition coefficient (Wildman–Crippen LogP) is 2.08. The number of nitriles is 2. The SMILES string of the molecule is CCOC(=O)C(C#N)=CNc1cccc(F)c1C#N. The molecule has 1 rings (SSSR count). The lowest BCUT2D eigenvalue weighted by molar-refractivity contribution is -0.138. The molecule has 1 aromatic carbocycles. The fraction of sp³-hybridized carbons (Fsp3) is 0.154. The number of ether oxygens (including phenoxy) is 1. The molecule has 1 aromatic rings. The Morgan fingerprint density at radius 1 is 1.53 bits per heavy atom. The number of rotatable bonds is 4. The van der Waals surface area contributed by atoms with Crippen molar-refractivity contribution in [1.82, 2.24) is 0 Å². The first-order valence-electron chi connectivity index (χ1n) is 5.36. The molecule has 0 radical (unpaired) electrons. The van der Waals surface area contributed by atoms with E-state index in [1.165, 1.54) is 12.1 Å². The smallest absolute Gasteiger partial charge is 0.350 e. The molecule has 0 bridgehead atoms. The summed E-state index contributed by atoms with van der Waals surface area (Å²) >= 11 is 0. The first-order chi connectivity index (χ1) is 9.13. The Labute approximate surface area is 109 Å². The molecule has 0 amide bonds. The molecule has 96 valence electrons. The van der Waals surface area contributed by atoms with E-state index in [2.05, 4.69) is 10.1 Å². The summed E-state index contributed by atoms with van der Waals surface area (Å²) in [4.78, 5) is 11.3. The van der Waals surface area contributed by atoms with Crippen molar-refractivity contribution < 1.29 is 13.9 Å². The van der Waals surface area contributed by atoms with Crippen LogP contribution in [0.25, 0.3) is 0 Å². The number of anilines is 1. The summed E-state index contributed by atoms with van der Waals surface area (Å²) in [6, 6.07) is 7.36. The van der Waals surface area contributed by atoms with Crippen LogP contribution >= 0.6 is 0 Å². The number of nitrogens with one attached hydrogen (secondary N) is 1. The molecule has 19 heavy (non-hydrogen) atoms. The number of hydrogen-bond acceptors (Lipinski definition) is 5. The summed E-state index contributed by atoms with van der Waals surface area (Å²) in [5.41, 5.74) is -0.297. The summed E-state index contributed by atoms with van der Waals surface area (Å²) in [6.07, 6.45) is 1.08. The highest BCUT2D eigenvalue weighted by Gasteiger charge is 2.11. The molecule has 0 spiro atoms. The molecule has 0 fully saturated rings. The maximum Gasteiger partial charge on any atom is 0.350 e. The van der Waals surface area contributed by atoms with Gasteiger partial charge in [-0.2, -0.15) is 10.5 Å². The summed E-state index contributed by atoms with van der Waals surface area (Å²) in [6.45, 7) is 1.75. The molecule has 0 heterocycles. The van der Waals surface area contributed by atoms with Gasteiger partial charge in [-0.25, -0.2) is 9.18 Å². The largest absolute Gasteiger partial charge is 0.462 e. The maximum absolute atomic E-state index is 13.3. The lowest BCUT2D eigenvalue weighted by Crippen LogP contribution is -2.08. The number of esters is 1. The predicted molar refractivity (Wildman–Crippen MR) is 65.1 cm³/mol. The highest BCUT2D eigenvalue weighted by Crippen LogP contribution is 2.18. The number of carbonyl (C=O) groups is 1. The van der Waals surface area contributed by atoms with E-state index in [1.807, 2.05) is 0 Å². The molecule has 0 saturated carbocycles. The highest BCUT2D eigenvalue weighted by molar-refractivity contribution is 5.93. The molecule has 1 N–H and O–H groups in total. The molecule has 5 nitrogen and oxygen atoms in total. The molecule has 0 atom stereocenters. The third-order valence-electron chi connectivity index (χ3n) is 2.11. The molecule has 0 aliphatic heterocycles. The Bertz CT molecular complexity index is 597. The number of benzene rings is 1. The summed E-state index contributed by atoms with van der Waals surface area (Å²) < 4.78 is 18.0. The van der Waals surface area contributed by atoms with Crippen LogP contribution in [0.5, 0.6) is 0 Å². The molecular weight excluding hydrogens is 249 g/mol. The average Bonchev–Trinajstić information content (AvgIpc) is 2.40. The molecular formula is C13H10FN3O2. The molecule has 0 unspecified atom stereocenters. The van der Waals surface area contributed by atoms with E-state index in [1.54, 1.807) is 19.1 Å². The van der Waals surface area contributed by atoms with Crippen LogP contribution in [0.2, 0.25) is 0 Å². The zero-order valence-corrected chi connectivity index (χ0v) is 10.1. The average molecular weight is 259 g/mol. The van der Waals surface area contributed by atoms with Gasteiger partial charge in [-0.15, -0.1) is 0 Å². The second kappa shape index (κ2) is 6.77. The Morgan fingerprint density at radius 2 is 2.26 bits per heavy atom. The van der Waals surface area contributed by atoms with Crippen LogP contribution in [-0.2, 0) is 9.53 Å². The van der Waals surface area contributed by atoms with E-state index < -0.39 is 11.8 Å². The van der Waals surface area contributed by atoms with Gasteiger partial charge in [-0.3, -0.25) is 0 Å². The van der Waals surface area contributed by atoms with Crippen molar-refractivity contribution in [2.75, 3.05) is 11.9 Å². The van der Waals surface area contributed by atoms with Gasteiger partial charge in [-0.1, -0.05) is 6.07 Å². The van der Waals surface area contributed by atoms with Crippen LogP contribution in [0.1, 0.15) is 12.5 Å². The zero-order valence-electron chi connectivity index (χ0n) is 10.1. The van der Waals surface area contributed by atoms with Crippen molar-refractivity contribution in [3.8, 4) is 12.1 Å². The minimum atomic E-state index is -0.785. The third-order valence-corrected chi connectivity index (χ3v) is 2.11. The molecule has 0 aromatic heterocycles. The molecule has 0 aliphatic carbocycles. The fourth-order valence-corrected chi connectivity index (χ4v) is 1.25. The van der Waals surface area contributed by atoms with Gasteiger partial charge in [0.1, 0.15) is 23.5 Å². The Balaban J connectivity index is 2.98. The Kier molecular flexibility index (Phi) is 5.06. The molecule has 0 aliphatic rings. The minimum absolute atomic E-state index is 0.140. The Hall–Kier alpha value is -2.86. The highest BCUT2D eigenvalue weighted by atomic mass is 19.1. The standard InChI is InChI=1S/C13H10FN3O2/c1-2-19-13(18)9(6-15)8-17-12-5-3-4-11(14)10(12)7-16/h3-5,8,17H,2H2,1H3. The second-order valence-electron chi connectivity index (χ2n) is 3.31. The van der Waals surface area contributed by atoms with Gasteiger partial charge in [-0.05, 0) is 19.1 Å². The number of halogens is 1. The first-order valence-corrected chi connectivity index (χ1v) is 5.36. The van der Waals surface area contributed by atoms with E-state index in [0.717, 1.165) is 12.3 Å². The lowest BCUT2D eigenvalue weighted by atomic mass is 10.2. The fourth-order valence-electron chi connectivity index (χ4n) is 1.25. The minimum Gasteiger partial charge on any atom is -0.462 e. The quantitative estimate of drug-likeness (QED) is 0.508. The van der Waals surface area contributed by atoms with Crippen molar-refractivity contribution in [3.63, 3.8) is 0 Å². The van der Waals surface area contributed by atoms with E-state index in [-0.39, 0.29) is 23.4 Å². The van der Waals surface area contributed by atoms with Crippen molar-refractivity contribution >= 4 is 11.7 Å². The zero-order chi connectivity index (χ0) is 14.3. The van der Waals surface area contributed by atoms with Crippen molar-refractivity contribution in [2.24, 2.45) is 0 Å². The van der Waals surface area contributed by atoms with Gasteiger partial charge in [0.15, 0.2) is 5.57 Å². The summed E-state index contributed by atoms with van der Waals surface area (Å²) in [5, 5.41) is 20.1. The van der Waals surface area contributed by atoms with E-state index in [0.29, 0.717) is 0 Å². The topological polar surface area (TPSA) is 85.9 Å². The first kappa shape index (κ1) is 14.2. The van der Waals surface area contributed by atoms with Crippen LogP contribution in [0.4, 0.5) is 10.1 Å². The Morgan fingerprint density at radius 3 is 2.84 bits per heavy atom. The van der Waals surface area contributed by atoms with Crippen LogP contribution in [-0.4, -0.2) is 12.6 Å². The van der Waals surface area contributed by atoms with Gasteiger partial charge in [0, 0.05) is 6.20 Å². The molecule has 0 saturated heterocycles. The maximum atomic E-state index is 13.3. The summed E-state index contributed by atoms with van der Waals surface area (Å²) in [7, 11) is 0. The number of nitrogens with zero attached hydrogens (tertiary/aromatic N) is 2. The number of carbonyl (C=O) groups excluding carboxylic acids is 1. The van der Waals surface area contributed by atoms with Gasteiger partial charge >= 0.3 is 5.97 Å². The normalized spacial score (nSPS) is 10.2. The molecule has 6 heteroatoms.